The predicted molar refractivity (Wildman–Crippen MR) is 51.4 cm³/mol. The van der Waals surface area contributed by atoms with Crippen molar-refractivity contribution < 1.29 is 14.3 Å². The molecule has 0 bridgehead atoms. The van der Waals surface area contributed by atoms with Crippen molar-refractivity contribution in [2.45, 2.75) is 26.4 Å². The summed E-state index contributed by atoms with van der Waals surface area (Å²) < 4.78 is 10.1. The van der Waals surface area contributed by atoms with Gasteiger partial charge in [-0.2, -0.15) is 5.26 Å². The molecule has 0 amide bonds. The molecule has 0 aliphatic heterocycles. The third-order valence-electron chi connectivity index (χ3n) is 1.64. The Labute approximate surface area is 84.1 Å². The van der Waals surface area contributed by atoms with Crippen LogP contribution in [-0.4, -0.2) is 25.3 Å². The van der Waals surface area contributed by atoms with E-state index in [-0.39, 0.29) is 18.3 Å². The van der Waals surface area contributed by atoms with Gasteiger partial charge in [-0.15, -0.1) is 0 Å². The van der Waals surface area contributed by atoms with Gasteiger partial charge < -0.3 is 9.47 Å². The van der Waals surface area contributed by atoms with Crippen LogP contribution in [0.15, 0.2) is 12.2 Å². The Hall–Kier alpha value is -1.34. The van der Waals surface area contributed by atoms with Crippen LogP contribution in [0, 0.1) is 11.3 Å². The average molecular weight is 197 g/mol. The fourth-order valence-electron chi connectivity index (χ4n) is 0.821. The molecule has 78 valence electrons. The molecule has 4 heteroatoms. The number of rotatable bonds is 6. The van der Waals surface area contributed by atoms with Crippen molar-refractivity contribution in [2.75, 3.05) is 13.2 Å². The molecule has 0 saturated carbocycles. The van der Waals surface area contributed by atoms with E-state index in [1.165, 1.54) is 0 Å². The Morgan fingerprint density at radius 1 is 1.57 bits per heavy atom. The molecular weight excluding hydrogens is 182 g/mol. The second-order valence-corrected chi connectivity index (χ2v) is 2.67. The van der Waals surface area contributed by atoms with Gasteiger partial charge in [-0.1, -0.05) is 13.5 Å². The first-order valence-electron chi connectivity index (χ1n) is 4.53. The van der Waals surface area contributed by atoms with Crippen molar-refractivity contribution in [1.29, 1.82) is 5.26 Å². The van der Waals surface area contributed by atoms with Crippen LogP contribution in [0.4, 0.5) is 0 Å². The van der Waals surface area contributed by atoms with Gasteiger partial charge in [0.15, 0.2) is 0 Å². The van der Waals surface area contributed by atoms with Crippen LogP contribution < -0.4 is 0 Å². The smallest absolute Gasteiger partial charge is 0.348 e. The summed E-state index contributed by atoms with van der Waals surface area (Å²) in [6.45, 7) is 7.81. The Balaban J connectivity index is 3.86. The summed E-state index contributed by atoms with van der Waals surface area (Å²) in [5, 5.41) is 8.35. The number of nitrogens with zero attached hydrogens (tertiary/aromatic N) is 1. The monoisotopic (exact) mass is 197 g/mol. The number of carbonyl (C=O) groups excluding carboxylic acids is 1. The zero-order valence-electron chi connectivity index (χ0n) is 8.58. The summed E-state index contributed by atoms with van der Waals surface area (Å²) in [4.78, 5) is 11.0. The lowest BCUT2D eigenvalue weighted by Gasteiger charge is -2.14. The van der Waals surface area contributed by atoms with E-state index in [9.17, 15) is 4.79 Å². The topological polar surface area (TPSA) is 59.3 Å². The standard InChI is InChI=1S/C10H15NO3/c1-4-9(13-5-2)7-14-10(12)8(3)6-11/h9H,3-5,7H2,1-2H3. The Morgan fingerprint density at radius 2 is 2.21 bits per heavy atom. The van der Waals surface area contributed by atoms with Gasteiger partial charge in [0.25, 0.3) is 0 Å². The second-order valence-electron chi connectivity index (χ2n) is 2.67. The largest absolute Gasteiger partial charge is 0.459 e. The first-order chi connectivity index (χ1) is 6.65. The van der Waals surface area contributed by atoms with Crippen molar-refractivity contribution in [2.24, 2.45) is 0 Å². The minimum absolute atomic E-state index is 0.101. The molecule has 1 unspecified atom stereocenters. The highest BCUT2D eigenvalue weighted by molar-refractivity contribution is 5.91. The molecule has 0 radical (unpaired) electrons. The van der Waals surface area contributed by atoms with Gasteiger partial charge in [-0.3, -0.25) is 0 Å². The van der Waals surface area contributed by atoms with E-state index in [0.717, 1.165) is 6.42 Å². The van der Waals surface area contributed by atoms with Crippen LogP contribution in [0.25, 0.3) is 0 Å². The van der Waals surface area contributed by atoms with Gasteiger partial charge in [-0.05, 0) is 13.3 Å². The minimum Gasteiger partial charge on any atom is -0.459 e. The molecule has 0 N–H and O–H groups in total. The highest BCUT2D eigenvalue weighted by atomic mass is 16.6. The van der Waals surface area contributed by atoms with E-state index in [1.807, 2.05) is 13.8 Å². The molecule has 0 rings (SSSR count). The summed E-state index contributed by atoms with van der Waals surface area (Å²) in [7, 11) is 0. The molecule has 0 aliphatic carbocycles. The molecule has 0 fully saturated rings. The Kier molecular flexibility index (Phi) is 6.42. The summed E-state index contributed by atoms with van der Waals surface area (Å²) in [6, 6.07) is 1.63. The lowest BCUT2D eigenvalue weighted by atomic mass is 10.3. The number of hydrogen-bond donors (Lipinski definition) is 0. The summed E-state index contributed by atoms with van der Waals surface area (Å²) in [6.07, 6.45) is 0.663. The lowest BCUT2D eigenvalue weighted by molar-refractivity contribution is -0.142. The highest BCUT2D eigenvalue weighted by Gasteiger charge is 2.11. The molecule has 0 aromatic rings. The number of hydrogen-bond acceptors (Lipinski definition) is 4. The fraction of sp³-hybridized carbons (Fsp3) is 0.600. The van der Waals surface area contributed by atoms with E-state index >= 15 is 0 Å². The van der Waals surface area contributed by atoms with Gasteiger partial charge >= 0.3 is 5.97 Å². The van der Waals surface area contributed by atoms with Crippen LogP contribution in [0.2, 0.25) is 0 Å². The third kappa shape index (κ3) is 4.63. The lowest BCUT2D eigenvalue weighted by Crippen LogP contribution is -2.21. The number of nitriles is 1. The molecular formula is C10H15NO3. The Morgan fingerprint density at radius 3 is 2.64 bits per heavy atom. The predicted octanol–water partition coefficient (Wildman–Crippen LogP) is 1.42. The summed E-state index contributed by atoms with van der Waals surface area (Å²) in [5.41, 5.74) is -0.184. The molecule has 0 heterocycles. The van der Waals surface area contributed by atoms with Crippen LogP contribution in [-0.2, 0) is 14.3 Å². The molecule has 0 spiro atoms. The molecule has 1 atom stereocenters. The van der Waals surface area contributed by atoms with Crippen LogP contribution in [0.5, 0.6) is 0 Å². The van der Waals surface area contributed by atoms with Crippen molar-refractivity contribution in [3.8, 4) is 6.07 Å². The maximum Gasteiger partial charge on any atom is 0.348 e. The van der Waals surface area contributed by atoms with Crippen LogP contribution in [0.3, 0.4) is 0 Å². The molecule has 0 aromatic heterocycles. The second kappa shape index (κ2) is 7.10. The van der Waals surface area contributed by atoms with Gasteiger partial charge in [0.2, 0.25) is 0 Å². The number of ether oxygens (including phenoxy) is 2. The van der Waals surface area contributed by atoms with E-state index in [0.29, 0.717) is 6.61 Å². The van der Waals surface area contributed by atoms with E-state index < -0.39 is 5.97 Å². The zero-order valence-corrected chi connectivity index (χ0v) is 8.58. The van der Waals surface area contributed by atoms with Crippen LogP contribution >= 0.6 is 0 Å². The normalized spacial score (nSPS) is 11.5. The first kappa shape index (κ1) is 12.7. The summed E-state index contributed by atoms with van der Waals surface area (Å²) in [5.74, 6) is -0.675. The molecule has 0 saturated heterocycles. The fourth-order valence-corrected chi connectivity index (χ4v) is 0.821. The van der Waals surface area contributed by atoms with Crippen LogP contribution in [0.1, 0.15) is 20.3 Å². The average Bonchev–Trinajstić information content (AvgIpc) is 2.22. The number of esters is 1. The molecule has 4 nitrogen and oxygen atoms in total. The Bertz CT molecular complexity index is 242. The first-order valence-corrected chi connectivity index (χ1v) is 4.53. The quantitative estimate of drug-likeness (QED) is 0.367. The zero-order chi connectivity index (χ0) is 11.0. The maximum atomic E-state index is 11.0. The SMILES string of the molecule is C=C(C#N)C(=O)OCC(CC)OCC. The van der Waals surface area contributed by atoms with Gasteiger partial charge in [-0.25, -0.2) is 4.79 Å². The molecule has 0 aromatic carbocycles. The van der Waals surface area contributed by atoms with Crippen molar-refractivity contribution in [3.05, 3.63) is 12.2 Å². The highest BCUT2D eigenvalue weighted by Crippen LogP contribution is 2.01. The third-order valence-corrected chi connectivity index (χ3v) is 1.64. The van der Waals surface area contributed by atoms with E-state index in [1.54, 1.807) is 6.07 Å². The molecule has 14 heavy (non-hydrogen) atoms. The van der Waals surface area contributed by atoms with Crippen molar-refractivity contribution in [1.82, 2.24) is 0 Å². The van der Waals surface area contributed by atoms with E-state index in [2.05, 4.69) is 6.58 Å². The van der Waals surface area contributed by atoms with Gasteiger partial charge in [0, 0.05) is 6.61 Å². The minimum atomic E-state index is -0.675. The van der Waals surface area contributed by atoms with Gasteiger partial charge in [0.1, 0.15) is 18.2 Å². The maximum absolute atomic E-state index is 11.0. The van der Waals surface area contributed by atoms with Gasteiger partial charge in [0.05, 0.1) is 6.10 Å². The van der Waals surface area contributed by atoms with Crippen molar-refractivity contribution in [3.63, 3.8) is 0 Å². The molecule has 0 aliphatic rings. The van der Waals surface area contributed by atoms with Crippen molar-refractivity contribution >= 4 is 5.97 Å². The summed E-state index contributed by atoms with van der Waals surface area (Å²) >= 11 is 0. The van der Waals surface area contributed by atoms with E-state index in [4.69, 9.17) is 14.7 Å². The number of carbonyl (C=O) groups is 1.